The number of methoxy groups -OCH3 is 2. The molecule has 0 aliphatic carbocycles. The van der Waals surface area contributed by atoms with Crippen LogP contribution in [-0.2, 0) is 0 Å². The van der Waals surface area contributed by atoms with E-state index >= 15 is 0 Å². The topological polar surface area (TPSA) is 59.1 Å². The molecule has 0 aromatic heterocycles. The number of hydrogen-bond donors (Lipinski definition) is 0. The molecule has 1 heterocycles. The maximum Gasteiger partial charge on any atom is 0.257 e. The fraction of sp³-hybridized carbons (Fsp3) is 0.333. The monoisotopic (exact) mass is 368 g/mol. The maximum absolute atomic E-state index is 12.9. The van der Waals surface area contributed by atoms with Crippen molar-refractivity contribution in [2.75, 3.05) is 40.4 Å². The Kier molecular flexibility index (Phi) is 5.64. The van der Waals surface area contributed by atoms with Crippen molar-refractivity contribution in [3.8, 4) is 11.5 Å². The zero-order valence-electron chi connectivity index (χ0n) is 15.9. The molecule has 0 saturated carbocycles. The Morgan fingerprint density at radius 3 is 2.15 bits per heavy atom. The van der Waals surface area contributed by atoms with Crippen molar-refractivity contribution in [3.63, 3.8) is 0 Å². The normalized spacial score (nSPS) is 14.0. The van der Waals surface area contributed by atoms with E-state index in [0.29, 0.717) is 48.8 Å². The van der Waals surface area contributed by atoms with Crippen molar-refractivity contribution >= 4 is 11.8 Å². The Labute approximate surface area is 159 Å². The minimum Gasteiger partial charge on any atom is -0.497 e. The van der Waals surface area contributed by atoms with Crippen LogP contribution in [0.4, 0.5) is 0 Å². The molecule has 0 spiro atoms. The van der Waals surface area contributed by atoms with Gasteiger partial charge >= 0.3 is 0 Å². The summed E-state index contributed by atoms with van der Waals surface area (Å²) >= 11 is 0. The third-order valence-corrected chi connectivity index (χ3v) is 4.76. The number of ether oxygens (including phenoxy) is 2. The van der Waals surface area contributed by atoms with Gasteiger partial charge in [-0.1, -0.05) is 17.7 Å². The Morgan fingerprint density at radius 2 is 1.52 bits per heavy atom. The van der Waals surface area contributed by atoms with Crippen molar-refractivity contribution in [1.82, 2.24) is 9.80 Å². The molecule has 27 heavy (non-hydrogen) atoms. The number of hydrogen-bond acceptors (Lipinski definition) is 4. The first kappa shape index (κ1) is 18.8. The Bertz CT molecular complexity index is 842. The van der Waals surface area contributed by atoms with Crippen LogP contribution in [0.15, 0.2) is 42.5 Å². The van der Waals surface area contributed by atoms with Crippen molar-refractivity contribution < 1.29 is 19.1 Å². The second-order valence-electron chi connectivity index (χ2n) is 6.52. The first-order chi connectivity index (χ1) is 13.0. The van der Waals surface area contributed by atoms with Crippen LogP contribution >= 0.6 is 0 Å². The third kappa shape index (κ3) is 4.05. The third-order valence-electron chi connectivity index (χ3n) is 4.76. The van der Waals surface area contributed by atoms with E-state index in [0.717, 1.165) is 5.56 Å². The average molecular weight is 368 g/mol. The molecule has 6 heteroatoms. The molecular weight excluding hydrogens is 344 g/mol. The first-order valence-electron chi connectivity index (χ1n) is 8.90. The van der Waals surface area contributed by atoms with Crippen LogP contribution in [-0.4, -0.2) is 62.0 Å². The second kappa shape index (κ2) is 8.12. The molecule has 1 saturated heterocycles. The van der Waals surface area contributed by atoms with Crippen LogP contribution in [0.25, 0.3) is 0 Å². The van der Waals surface area contributed by atoms with Gasteiger partial charge in [0, 0.05) is 31.7 Å². The van der Waals surface area contributed by atoms with Crippen molar-refractivity contribution in [2.24, 2.45) is 0 Å². The number of amides is 2. The SMILES string of the molecule is COc1cccc(C(=O)N2CCN(C(=O)c3cc(C)ccc3OC)CC2)c1. The zero-order chi connectivity index (χ0) is 19.4. The number of carbonyl (C=O) groups is 2. The summed E-state index contributed by atoms with van der Waals surface area (Å²) in [5.41, 5.74) is 2.16. The summed E-state index contributed by atoms with van der Waals surface area (Å²) in [4.78, 5) is 29.1. The van der Waals surface area contributed by atoms with Crippen LogP contribution < -0.4 is 9.47 Å². The largest absolute Gasteiger partial charge is 0.497 e. The highest BCUT2D eigenvalue weighted by Gasteiger charge is 2.27. The standard InChI is InChI=1S/C21H24N2O4/c1-15-7-8-19(27-3)18(13-15)21(25)23-11-9-22(10-12-23)20(24)16-5-4-6-17(14-16)26-2/h4-8,13-14H,9-12H2,1-3H3. The van der Waals surface area contributed by atoms with E-state index < -0.39 is 0 Å². The lowest BCUT2D eigenvalue weighted by atomic mass is 10.1. The predicted octanol–water partition coefficient (Wildman–Crippen LogP) is 2.61. The van der Waals surface area contributed by atoms with E-state index in [1.807, 2.05) is 31.2 Å². The minimum atomic E-state index is -0.0657. The van der Waals surface area contributed by atoms with Gasteiger partial charge in [0.15, 0.2) is 0 Å². The second-order valence-corrected chi connectivity index (χ2v) is 6.52. The summed E-state index contributed by atoms with van der Waals surface area (Å²) < 4.78 is 10.5. The number of benzene rings is 2. The Morgan fingerprint density at radius 1 is 0.852 bits per heavy atom. The Balaban J connectivity index is 1.67. The molecule has 2 aromatic carbocycles. The van der Waals surface area contributed by atoms with Crippen LogP contribution in [0.2, 0.25) is 0 Å². The van der Waals surface area contributed by atoms with Gasteiger partial charge in [0.2, 0.25) is 0 Å². The molecule has 0 atom stereocenters. The lowest BCUT2D eigenvalue weighted by Gasteiger charge is -2.35. The summed E-state index contributed by atoms with van der Waals surface area (Å²) in [5, 5.41) is 0. The quantitative estimate of drug-likeness (QED) is 0.832. The van der Waals surface area contributed by atoms with Gasteiger partial charge in [-0.15, -0.1) is 0 Å². The van der Waals surface area contributed by atoms with Gasteiger partial charge in [-0.05, 0) is 37.3 Å². The Hall–Kier alpha value is -3.02. The summed E-state index contributed by atoms with van der Waals surface area (Å²) in [6.45, 7) is 3.92. The molecule has 2 aromatic rings. The number of carbonyl (C=O) groups excluding carboxylic acids is 2. The number of rotatable bonds is 4. The predicted molar refractivity (Wildman–Crippen MR) is 103 cm³/mol. The number of piperazine rings is 1. The fourth-order valence-electron chi connectivity index (χ4n) is 3.21. The van der Waals surface area contributed by atoms with Gasteiger partial charge < -0.3 is 19.3 Å². The molecule has 1 aliphatic heterocycles. The van der Waals surface area contributed by atoms with Crippen molar-refractivity contribution in [3.05, 3.63) is 59.2 Å². The van der Waals surface area contributed by atoms with E-state index in [-0.39, 0.29) is 11.8 Å². The lowest BCUT2D eigenvalue weighted by molar-refractivity contribution is 0.0533. The average Bonchev–Trinajstić information content (AvgIpc) is 2.72. The maximum atomic E-state index is 12.9. The molecule has 3 rings (SSSR count). The number of nitrogens with zero attached hydrogens (tertiary/aromatic N) is 2. The molecule has 6 nitrogen and oxygen atoms in total. The molecule has 2 amide bonds. The molecule has 1 aliphatic rings. The highest BCUT2D eigenvalue weighted by atomic mass is 16.5. The van der Waals surface area contributed by atoms with Crippen molar-refractivity contribution in [2.45, 2.75) is 6.92 Å². The smallest absolute Gasteiger partial charge is 0.257 e. The van der Waals surface area contributed by atoms with E-state index in [1.54, 1.807) is 42.2 Å². The summed E-state index contributed by atoms with van der Waals surface area (Å²) in [7, 11) is 3.14. The van der Waals surface area contributed by atoms with Gasteiger partial charge in [-0.3, -0.25) is 9.59 Å². The van der Waals surface area contributed by atoms with Crippen LogP contribution in [0, 0.1) is 6.92 Å². The first-order valence-corrected chi connectivity index (χ1v) is 8.90. The minimum absolute atomic E-state index is 0.0471. The molecule has 1 fully saturated rings. The van der Waals surface area contributed by atoms with E-state index in [2.05, 4.69) is 0 Å². The van der Waals surface area contributed by atoms with Crippen LogP contribution in [0.1, 0.15) is 26.3 Å². The summed E-state index contributed by atoms with van der Waals surface area (Å²) in [6.07, 6.45) is 0. The van der Waals surface area contributed by atoms with Gasteiger partial charge in [-0.2, -0.15) is 0 Å². The molecule has 0 radical (unpaired) electrons. The molecule has 0 bridgehead atoms. The molecule has 142 valence electrons. The van der Waals surface area contributed by atoms with Gasteiger partial charge in [-0.25, -0.2) is 0 Å². The summed E-state index contributed by atoms with van der Waals surface area (Å²) in [6, 6.07) is 12.7. The highest BCUT2D eigenvalue weighted by molar-refractivity contribution is 5.98. The zero-order valence-corrected chi connectivity index (χ0v) is 15.9. The van der Waals surface area contributed by atoms with Gasteiger partial charge in [0.1, 0.15) is 11.5 Å². The molecule has 0 N–H and O–H groups in total. The van der Waals surface area contributed by atoms with Crippen LogP contribution in [0.3, 0.4) is 0 Å². The molecule has 0 unspecified atom stereocenters. The van der Waals surface area contributed by atoms with Gasteiger partial charge in [0.05, 0.1) is 19.8 Å². The van der Waals surface area contributed by atoms with Crippen LogP contribution in [0.5, 0.6) is 11.5 Å². The van der Waals surface area contributed by atoms with E-state index in [1.165, 1.54) is 0 Å². The molecular formula is C21H24N2O4. The summed E-state index contributed by atoms with van der Waals surface area (Å²) in [5.74, 6) is 1.11. The van der Waals surface area contributed by atoms with Crippen molar-refractivity contribution in [1.29, 1.82) is 0 Å². The van der Waals surface area contributed by atoms with E-state index in [9.17, 15) is 9.59 Å². The number of aryl methyl sites for hydroxylation is 1. The highest BCUT2D eigenvalue weighted by Crippen LogP contribution is 2.22. The fourth-order valence-corrected chi connectivity index (χ4v) is 3.21. The van der Waals surface area contributed by atoms with E-state index in [4.69, 9.17) is 9.47 Å². The lowest BCUT2D eigenvalue weighted by Crippen LogP contribution is -2.50. The van der Waals surface area contributed by atoms with Gasteiger partial charge in [0.25, 0.3) is 11.8 Å².